The number of phenolic OH excluding ortho intramolecular Hbond substituents is 1. The zero-order valence-electron chi connectivity index (χ0n) is 9.51. The lowest BCUT2D eigenvalue weighted by Crippen LogP contribution is -2.51. The second-order valence-corrected chi connectivity index (χ2v) is 4.10. The van der Waals surface area contributed by atoms with Gasteiger partial charge in [0.1, 0.15) is 11.8 Å². The fraction of sp³-hybridized carbons (Fsp3) is 0.333. The number of nitrogens with zero attached hydrogens (tertiary/aromatic N) is 1. The van der Waals surface area contributed by atoms with E-state index in [0.717, 1.165) is 5.69 Å². The van der Waals surface area contributed by atoms with Gasteiger partial charge in [0.05, 0.1) is 0 Å². The van der Waals surface area contributed by atoms with E-state index in [0.29, 0.717) is 12.8 Å². The van der Waals surface area contributed by atoms with E-state index in [1.54, 1.807) is 30.1 Å². The van der Waals surface area contributed by atoms with Crippen LogP contribution in [0.5, 0.6) is 5.75 Å². The molecule has 0 aliphatic carbocycles. The van der Waals surface area contributed by atoms with Crippen LogP contribution in [0.25, 0.3) is 0 Å². The molecule has 0 aromatic heterocycles. The average Bonchev–Trinajstić information content (AvgIpc) is 2.28. The Kier molecular flexibility index (Phi) is 2.99. The minimum Gasteiger partial charge on any atom is -0.508 e. The van der Waals surface area contributed by atoms with Crippen molar-refractivity contribution in [3.05, 3.63) is 24.3 Å². The molecule has 1 unspecified atom stereocenters. The van der Waals surface area contributed by atoms with E-state index in [-0.39, 0.29) is 23.6 Å². The second kappa shape index (κ2) is 4.45. The van der Waals surface area contributed by atoms with Gasteiger partial charge >= 0.3 is 0 Å². The average molecular weight is 234 g/mol. The van der Waals surface area contributed by atoms with Gasteiger partial charge in [0, 0.05) is 25.2 Å². The zero-order valence-corrected chi connectivity index (χ0v) is 9.51. The molecule has 0 radical (unpaired) electrons. The Morgan fingerprint density at radius 3 is 2.82 bits per heavy atom. The van der Waals surface area contributed by atoms with Crippen molar-refractivity contribution >= 4 is 17.5 Å². The van der Waals surface area contributed by atoms with Crippen molar-refractivity contribution in [3.63, 3.8) is 0 Å². The lowest BCUT2D eigenvalue weighted by atomic mass is 10.0. The number of carbonyl (C=O) groups is 2. The highest BCUT2D eigenvalue weighted by molar-refractivity contribution is 6.01. The van der Waals surface area contributed by atoms with Crippen LogP contribution >= 0.6 is 0 Å². The Bertz CT molecular complexity index is 459. The summed E-state index contributed by atoms with van der Waals surface area (Å²) in [6.45, 7) is 0. The first-order chi connectivity index (χ1) is 8.08. The lowest BCUT2D eigenvalue weighted by Gasteiger charge is -2.31. The summed E-state index contributed by atoms with van der Waals surface area (Å²) in [6.07, 6.45) is 0.844. The van der Waals surface area contributed by atoms with Crippen LogP contribution in [0.3, 0.4) is 0 Å². The van der Waals surface area contributed by atoms with Crippen molar-refractivity contribution < 1.29 is 14.7 Å². The predicted octanol–water partition coefficient (Wildman–Crippen LogP) is 0.634. The highest BCUT2D eigenvalue weighted by atomic mass is 16.3. The summed E-state index contributed by atoms with van der Waals surface area (Å²) in [5.74, 6) is -0.357. The van der Waals surface area contributed by atoms with Crippen molar-refractivity contribution in [2.24, 2.45) is 0 Å². The van der Waals surface area contributed by atoms with E-state index >= 15 is 0 Å². The van der Waals surface area contributed by atoms with Gasteiger partial charge in [0.15, 0.2) is 0 Å². The van der Waals surface area contributed by atoms with E-state index in [4.69, 9.17) is 0 Å². The fourth-order valence-corrected chi connectivity index (χ4v) is 1.94. The van der Waals surface area contributed by atoms with E-state index < -0.39 is 0 Å². The molecule has 1 aliphatic heterocycles. The third-order valence-corrected chi connectivity index (χ3v) is 2.91. The van der Waals surface area contributed by atoms with E-state index in [1.807, 2.05) is 6.07 Å². The number of piperidine rings is 1. The third kappa shape index (κ3) is 2.38. The predicted molar refractivity (Wildman–Crippen MR) is 62.7 cm³/mol. The summed E-state index contributed by atoms with van der Waals surface area (Å²) >= 11 is 0. The topological polar surface area (TPSA) is 69.6 Å². The first-order valence-electron chi connectivity index (χ1n) is 5.43. The molecule has 1 aromatic carbocycles. The van der Waals surface area contributed by atoms with Gasteiger partial charge in [-0.25, -0.2) is 0 Å². The number of nitrogens with one attached hydrogen (secondary N) is 1. The molecule has 2 rings (SSSR count). The van der Waals surface area contributed by atoms with Crippen LogP contribution in [0.2, 0.25) is 0 Å². The van der Waals surface area contributed by atoms with Gasteiger partial charge in [-0.1, -0.05) is 6.07 Å². The normalized spacial score (nSPS) is 19.9. The first-order valence-corrected chi connectivity index (χ1v) is 5.43. The highest BCUT2D eigenvalue weighted by Crippen LogP contribution is 2.23. The van der Waals surface area contributed by atoms with Crippen LogP contribution in [0.1, 0.15) is 12.8 Å². The molecule has 0 saturated carbocycles. The molecule has 1 aliphatic rings. The number of anilines is 1. The molecule has 0 spiro atoms. The largest absolute Gasteiger partial charge is 0.508 e. The number of amides is 2. The van der Waals surface area contributed by atoms with Crippen molar-refractivity contribution in [2.75, 3.05) is 11.9 Å². The van der Waals surface area contributed by atoms with E-state index in [1.165, 1.54) is 0 Å². The SMILES string of the molecule is CN(c1cccc(O)c1)C1CCC(=O)NC1=O. The molecule has 5 heteroatoms. The third-order valence-electron chi connectivity index (χ3n) is 2.91. The summed E-state index contributed by atoms with van der Waals surface area (Å²) < 4.78 is 0. The second-order valence-electron chi connectivity index (χ2n) is 4.10. The van der Waals surface area contributed by atoms with Crippen LogP contribution < -0.4 is 10.2 Å². The molecule has 17 heavy (non-hydrogen) atoms. The van der Waals surface area contributed by atoms with Gasteiger partial charge in [-0.2, -0.15) is 0 Å². The number of benzene rings is 1. The minimum absolute atomic E-state index is 0.154. The zero-order chi connectivity index (χ0) is 12.4. The maximum Gasteiger partial charge on any atom is 0.249 e. The molecule has 0 bridgehead atoms. The number of aromatic hydroxyl groups is 1. The van der Waals surface area contributed by atoms with Gasteiger partial charge in [-0.05, 0) is 18.6 Å². The Morgan fingerprint density at radius 1 is 1.41 bits per heavy atom. The molecule has 1 saturated heterocycles. The molecule has 1 atom stereocenters. The summed E-state index contributed by atoms with van der Waals surface area (Å²) in [7, 11) is 1.77. The van der Waals surface area contributed by atoms with Crippen molar-refractivity contribution in [2.45, 2.75) is 18.9 Å². The lowest BCUT2D eigenvalue weighted by molar-refractivity contribution is -0.134. The fourth-order valence-electron chi connectivity index (χ4n) is 1.94. The van der Waals surface area contributed by atoms with Crippen LogP contribution in [0.4, 0.5) is 5.69 Å². The van der Waals surface area contributed by atoms with Gasteiger partial charge < -0.3 is 10.0 Å². The summed E-state index contributed by atoms with van der Waals surface area (Å²) in [4.78, 5) is 24.5. The molecule has 1 aromatic rings. The molecule has 2 amide bonds. The Hall–Kier alpha value is -2.04. The Morgan fingerprint density at radius 2 is 2.18 bits per heavy atom. The monoisotopic (exact) mass is 234 g/mol. The maximum absolute atomic E-state index is 11.7. The van der Waals surface area contributed by atoms with E-state index in [9.17, 15) is 14.7 Å². The molecule has 1 heterocycles. The number of hydrogen-bond acceptors (Lipinski definition) is 4. The van der Waals surface area contributed by atoms with Crippen LogP contribution in [0.15, 0.2) is 24.3 Å². The first kappa shape index (κ1) is 11.4. The maximum atomic E-state index is 11.7. The van der Waals surface area contributed by atoms with Gasteiger partial charge in [-0.3, -0.25) is 14.9 Å². The van der Waals surface area contributed by atoms with Crippen LogP contribution in [-0.2, 0) is 9.59 Å². The summed E-state index contributed by atoms with van der Waals surface area (Å²) in [5.41, 5.74) is 0.750. The van der Waals surface area contributed by atoms with Crippen molar-refractivity contribution in [1.82, 2.24) is 5.32 Å². The van der Waals surface area contributed by atoms with Crippen LogP contribution in [-0.4, -0.2) is 30.0 Å². The summed E-state index contributed by atoms with van der Waals surface area (Å²) in [6, 6.07) is 6.32. The molecular weight excluding hydrogens is 220 g/mol. The van der Waals surface area contributed by atoms with Crippen molar-refractivity contribution in [3.8, 4) is 5.75 Å². The molecule has 90 valence electrons. The highest BCUT2D eigenvalue weighted by Gasteiger charge is 2.29. The number of phenols is 1. The van der Waals surface area contributed by atoms with Gasteiger partial charge in [-0.15, -0.1) is 0 Å². The molecule has 2 N–H and O–H groups in total. The standard InChI is InChI=1S/C12H14N2O3/c1-14(8-3-2-4-9(15)7-8)10-5-6-11(16)13-12(10)17/h2-4,7,10,15H,5-6H2,1H3,(H,13,16,17). The number of rotatable bonds is 2. The quantitative estimate of drug-likeness (QED) is 0.736. The van der Waals surface area contributed by atoms with Gasteiger partial charge in [0.25, 0.3) is 0 Å². The molecular formula is C12H14N2O3. The summed E-state index contributed by atoms with van der Waals surface area (Å²) in [5, 5.41) is 11.7. The number of imide groups is 1. The van der Waals surface area contributed by atoms with Gasteiger partial charge in [0.2, 0.25) is 11.8 Å². The number of hydrogen-bond donors (Lipinski definition) is 2. The Labute approximate surface area is 99.0 Å². The number of likely N-dealkylation sites (N-methyl/N-ethyl adjacent to an activating group) is 1. The Balaban J connectivity index is 2.17. The van der Waals surface area contributed by atoms with E-state index in [2.05, 4.69) is 5.32 Å². The van der Waals surface area contributed by atoms with Crippen LogP contribution in [0, 0.1) is 0 Å². The molecule has 1 fully saturated rings. The number of carbonyl (C=O) groups excluding carboxylic acids is 2. The minimum atomic E-state index is -0.366. The van der Waals surface area contributed by atoms with Crippen molar-refractivity contribution in [1.29, 1.82) is 0 Å². The molecule has 5 nitrogen and oxygen atoms in total. The smallest absolute Gasteiger partial charge is 0.249 e.